The van der Waals surface area contributed by atoms with Gasteiger partial charge in [0.05, 0.1) is 5.60 Å². The summed E-state index contributed by atoms with van der Waals surface area (Å²) in [5.41, 5.74) is 5.75. The molecule has 3 nitrogen and oxygen atoms in total. The second-order valence-corrected chi connectivity index (χ2v) is 5.22. The van der Waals surface area contributed by atoms with Gasteiger partial charge in [-0.1, -0.05) is 13.8 Å². The predicted molar refractivity (Wildman–Crippen MR) is 66.2 cm³/mol. The van der Waals surface area contributed by atoms with Crippen LogP contribution in [-0.2, 0) is 9.47 Å². The number of nitrogens with two attached hydrogens (primary N) is 1. The predicted octanol–water partition coefficient (Wildman–Crippen LogP) is 2.54. The summed E-state index contributed by atoms with van der Waals surface area (Å²) in [6.07, 6.45) is 4.64. The quantitative estimate of drug-likeness (QED) is 0.562. The van der Waals surface area contributed by atoms with Crippen LogP contribution in [0.4, 0.5) is 0 Å². The topological polar surface area (TPSA) is 44.5 Å². The highest BCUT2D eigenvalue weighted by molar-refractivity contribution is 4.88. The Hall–Kier alpha value is -0.120. The summed E-state index contributed by atoms with van der Waals surface area (Å²) in [5.74, 6) is 1.62. The number of hydrogen-bond acceptors (Lipinski definition) is 3. The molecule has 1 aliphatic carbocycles. The molecule has 96 valence electrons. The first-order valence-corrected chi connectivity index (χ1v) is 6.55. The Kier molecular flexibility index (Phi) is 5.73. The van der Waals surface area contributed by atoms with Crippen LogP contribution in [0.3, 0.4) is 0 Å². The van der Waals surface area contributed by atoms with Gasteiger partial charge in [-0.3, -0.25) is 0 Å². The minimum Gasteiger partial charge on any atom is -0.356 e. The van der Waals surface area contributed by atoms with Crippen molar-refractivity contribution in [1.29, 1.82) is 0 Å². The molecule has 0 unspecified atom stereocenters. The second-order valence-electron chi connectivity index (χ2n) is 5.22. The fourth-order valence-corrected chi connectivity index (χ4v) is 2.49. The Morgan fingerprint density at radius 3 is 2.38 bits per heavy atom. The van der Waals surface area contributed by atoms with Gasteiger partial charge >= 0.3 is 0 Å². The highest BCUT2D eigenvalue weighted by Crippen LogP contribution is 2.37. The smallest absolute Gasteiger partial charge is 0.147 e. The highest BCUT2D eigenvalue weighted by Gasteiger charge is 2.35. The van der Waals surface area contributed by atoms with E-state index in [9.17, 15) is 0 Å². The molecule has 0 radical (unpaired) electrons. The lowest BCUT2D eigenvalue weighted by Crippen LogP contribution is -2.45. The van der Waals surface area contributed by atoms with Crippen LogP contribution in [0.15, 0.2) is 0 Å². The molecule has 0 bridgehead atoms. The molecule has 2 N–H and O–H groups in total. The molecule has 0 atom stereocenters. The van der Waals surface area contributed by atoms with Crippen LogP contribution in [0.2, 0.25) is 0 Å². The maximum Gasteiger partial charge on any atom is 0.147 e. The maximum absolute atomic E-state index is 5.86. The van der Waals surface area contributed by atoms with Gasteiger partial charge in [-0.2, -0.15) is 0 Å². The summed E-state index contributed by atoms with van der Waals surface area (Å²) < 4.78 is 11.1. The molecule has 0 aromatic rings. The summed E-state index contributed by atoms with van der Waals surface area (Å²) >= 11 is 0. The first kappa shape index (κ1) is 13.9. The van der Waals surface area contributed by atoms with Crippen LogP contribution in [0.5, 0.6) is 0 Å². The van der Waals surface area contributed by atoms with Crippen LogP contribution >= 0.6 is 0 Å². The number of rotatable bonds is 6. The number of ether oxygens (including phenoxy) is 2. The normalized spacial score (nSPS) is 30.9. The fraction of sp³-hybridized carbons (Fsp3) is 1.00. The SMILES string of the molecule is CCOCOC1(CN)CCC(C(C)C)CC1. The minimum atomic E-state index is -0.111. The van der Waals surface area contributed by atoms with Crippen molar-refractivity contribution in [2.45, 2.75) is 52.1 Å². The monoisotopic (exact) mass is 229 g/mol. The van der Waals surface area contributed by atoms with Gasteiger partial charge in [-0.05, 0) is 44.4 Å². The maximum atomic E-state index is 5.86. The molecule has 1 fully saturated rings. The molecule has 0 amide bonds. The molecule has 16 heavy (non-hydrogen) atoms. The third-order valence-corrected chi connectivity index (χ3v) is 3.91. The van der Waals surface area contributed by atoms with E-state index in [1.165, 1.54) is 12.8 Å². The van der Waals surface area contributed by atoms with Crippen LogP contribution < -0.4 is 5.73 Å². The van der Waals surface area contributed by atoms with Gasteiger partial charge in [-0.15, -0.1) is 0 Å². The zero-order valence-electron chi connectivity index (χ0n) is 11.0. The van der Waals surface area contributed by atoms with E-state index >= 15 is 0 Å². The van der Waals surface area contributed by atoms with Crippen molar-refractivity contribution in [3.63, 3.8) is 0 Å². The molecule has 0 heterocycles. The van der Waals surface area contributed by atoms with E-state index in [1.54, 1.807) is 0 Å². The first-order chi connectivity index (χ1) is 7.63. The summed E-state index contributed by atoms with van der Waals surface area (Å²) in [6.45, 7) is 8.30. The molecule has 3 heteroatoms. The largest absolute Gasteiger partial charge is 0.356 e. The minimum absolute atomic E-state index is 0.111. The fourth-order valence-electron chi connectivity index (χ4n) is 2.49. The van der Waals surface area contributed by atoms with E-state index in [4.69, 9.17) is 15.2 Å². The summed E-state index contributed by atoms with van der Waals surface area (Å²) in [4.78, 5) is 0. The first-order valence-electron chi connectivity index (χ1n) is 6.55. The Morgan fingerprint density at radius 1 is 1.31 bits per heavy atom. The van der Waals surface area contributed by atoms with E-state index < -0.39 is 0 Å². The zero-order chi connectivity index (χ0) is 12.0. The lowest BCUT2D eigenvalue weighted by molar-refractivity contribution is -0.154. The summed E-state index contributed by atoms with van der Waals surface area (Å²) in [7, 11) is 0. The molecular weight excluding hydrogens is 202 g/mol. The molecule has 0 saturated heterocycles. The van der Waals surface area contributed by atoms with Crippen molar-refractivity contribution < 1.29 is 9.47 Å². The summed E-state index contributed by atoms with van der Waals surface area (Å²) in [6, 6.07) is 0. The Balaban J connectivity index is 2.38. The molecule has 0 aromatic heterocycles. The van der Waals surface area contributed by atoms with E-state index in [0.29, 0.717) is 19.9 Å². The Morgan fingerprint density at radius 2 is 1.94 bits per heavy atom. The van der Waals surface area contributed by atoms with Crippen LogP contribution in [-0.4, -0.2) is 25.5 Å². The van der Waals surface area contributed by atoms with Crippen molar-refractivity contribution >= 4 is 0 Å². The van der Waals surface area contributed by atoms with E-state index in [1.807, 2.05) is 6.92 Å². The van der Waals surface area contributed by atoms with Gasteiger partial charge in [-0.25, -0.2) is 0 Å². The van der Waals surface area contributed by atoms with Gasteiger partial charge < -0.3 is 15.2 Å². The Bertz CT molecular complexity index is 186. The molecule has 0 aliphatic heterocycles. The van der Waals surface area contributed by atoms with E-state index in [-0.39, 0.29) is 5.60 Å². The van der Waals surface area contributed by atoms with E-state index in [2.05, 4.69) is 13.8 Å². The molecule has 1 aliphatic rings. The molecule has 0 spiro atoms. The standard InChI is InChI=1S/C13H27NO2/c1-4-15-10-16-13(9-14)7-5-12(6-8-13)11(2)3/h11-12H,4-10,14H2,1-3H3. The number of hydrogen-bond donors (Lipinski definition) is 1. The van der Waals surface area contributed by atoms with Gasteiger partial charge in [0.2, 0.25) is 0 Å². The van der Waals surface area contributed by atoms with Crippen LogP contribution in [0.25, 0.3) is 0 Å². The lowest BCUT2D eigenvalue weighted by Gasteiger charge is -2.40. The molecule has 1 rings (SSSR count). The van der Waals surface area contributed by atoms with Gasteiger partial charge in [0.15, 0.2) is 0 Å². The molecule has 0 aromatic carbocycles. The van der Waals surface area contributed by atoms with E-state index in [0.717, 1.165) is 24.7 Å². The van der Waals surface area contributed by atoms with Crippen LogP contribution in [0, 0.1) is 11.8 Å². The average Bonchev–Trinajstić information content (AvgIpc) is 2.30. The van der Waals surface area contributed by atoms with Crippen molar-refractivity contribution in [1.82, 2.24) is 0 Å². The third-order valence-electron chi connectivity index (χ3n) is 3.91. The average molecular weight is 229 g/mol. The Labute approximate surface area is 99.7 Å². The van der Waals surface area contributed by atoms with Gasteiger partial charge in [0, 0.05) is 13.2 Å². The third kappa shape index (κ3) is 3.72. The second kappa shape index (κ2) is 6.58. The molecular formula is C13H27NO2. The molecule has 1 saturated carbocycles. The zero-order valence-corrected chi connectivity index (χ0v) is 11.0. The van der Waals surface area contributed by atoms with Crippen molar-refractivity contribution in [3.8, 4) is 0 Å². The van der Waals surface area contributed by atoms with Crippen molar-refractivity contribution in [3.05, 3.63) is 0 Å². The van der Waals surface area contributed by atoms with Gasteiger partial charge in [0.25, 0.3) is 0 Å². The highest BCUT2D eigenvalue weighted by atomic mass is 16.7. The lowest BCUT2D eigenvalue weighted by atomic mass is 9.74. The summed E-state index contributed by atoms with van der Waals surface area (Å²) in [5, 5.41) is 0. The van der Waals surface area contributed by atoms with Gasteiger partial charge in [0.1, 0.15) is 6.79 Å². The van der Waals surface area contributed by atoms with Crippen LogP contribution in [0.1, 0.15) is 46.5 Å². The van der Waals surface area contributed by atoms with Crippen molar-refractivity contribution in [2.24, 2.45) is 17.6 Å². The van der Waals surface area contributed by atoms with Crippen molar-refractivity contribution in [2.75, 3.05) is 19.9 Å².